The predicted octanol–water partition coefficient (Wildman–Crippen LogP) is 2.16. The molecule has 1 unspecified atom stereocenters. The largest absolute Gasteiger partial charge is 0.355 e. The first-order valence-electron chi connectivity index (χ1n) is 9.46. The molecule has 2 heterocycles. The number of rotatable bonds is 5. The topological polar surface area (TPSA) is 52.7 Å². The van der Waals surface area contributed by atoms with Gasteiger partial charge < -0.3 is 10.2 Å². The van der Waals surface area contributed by atoms with Crippen molar-refractivity contribution < 1.29 is 9.59 Å². The first kappa shape index (κ1) is 18.4. The summed E-state index contributed by atoms with van der Waals surface area (Å²) < 4.78 is 0. The summed E-state index contributed by atoms with van der Waals surface area (Å²) in [7, 11) is 0. The lowest BCUT2D eigenvalue weighted by Gasteiger charge is -2.34. The van der Waals surface area contributed by atoms with Crippen molar-refractivity contribution in [1.29, 1.82) is 0 Å². The van der Waals surface area contributed by atoms with Crippen molar-refractivity contribution in [3.8, 4) is 0 Å². The van der Waals surface area contributed by atoms with Gasteiger partial charge in [0.1, 0.15) is 0 Å². The van der Waals surface area contributed by atoms with Gasteiger partial charge in [-0.3, -0.25) is 14.5 Å². The Morgan fingerprint density at radius 1 is 1.28 bits per heavy atom. The molecule has 1 aromatic heterocycles. The van der Waals surface area contributed by atoms with Gasteiger partial charge in [0.05, 0.1) is 11.4 Å². The molecule has 138 valence electrons. The van der Waals surface area contributed by atoms with Crippen molar-refractivity contribution in [2.75, 3.05) is 39.3 Å². The maximum absolute atomic E-state index is 12.8. The van der Waals surface area contributed by atoms with E-state index in [4.69, 9.17) is 0 Å². The van der Waals surface area contributed by atoms with Crippen LogP contribution in [0.1, 0.15) is 46.8 Å². The highest BCUT2D eigenvalue weighted by Crippen LogP contribution is 2.32. The Morgan fingerprint density at radius 2 is 2.04 bits per heavy atom. The molecule has 1 atom stereocenters. The minimum absolute atomic E-state index is 0.0849. The fourth-order valence-corrected chi connectivity index (χ4v) is 4.78. The number of thiophene rings is 1. The van der Waals surface area contributed by atoms with Crippen LogP contribution in [0.4, 0.5) is 0 Å². The fourth-order valence-electron chi connectivity index (χ4n) is 3.60. The number of nitrogens with zero attached hydrogens (tertiary/aromatic N) is 2. The molecular formula is C19H29N3O2S. The summed E-state index contributed by atoms with van der Waals surface area (Å²) in [6.45, 7) is 8.47. The summed E-state index contributed by atoms with van der Waals surface area (Å²) in [6, 6.07) is 2.13. The Morgan fingerprint density at radius 3 is 2.76 bits per heavy atom. The van der Waals surface area contributed by atoms with Crippen LogP contribution in [0.25, 0.3) is 0 Å². The van der Waals surface area contributed by atoms with Crippen molar-refractivity contribution in [2.24, 2.45) is 5.92 Å². The molecule has 0 spiro atoms. The second-order valence-corrected chi connectivity index (χ2v) is 8.46. The van der Waals surface area contributed by atoms with Gasteiger partial charge in [-0.1, -0.05) is 13.8 Å². The fraction of sp³-hybridized carbons (Fsp3) is 0.684. The van der Waals surface area contributed by atoms with Crippen LogP contribution in [0.5, 0.6) is 0 Å². The maximum Gasteiger partial charge on any atom is 0.264 e. The molecular weight excluding hydrogens is 334 g/mol. The molecule has 1 aromatic rings. The average Bonchev–Trinajstić information content (AvgIpc) is 3.03. The molecule has 2 amide bonds. The zero-order valence-corrected chi connectivity index (χ0v) is 16.2. The highest BCUT2D eigenvalue weighted by molar-refractivity contribution is 7.14. The summed E-state index contributed by atoms with van der Waals surface area (Å²) in [6.07, 6.45) is 4.42. The minimum Gasteiger partial charge on any atom is -0.355 e. The van der Waals surface area contributed by atoms with Crippen LogP contribution in [0.3, 0.4) is 0 Å². The summed E-state index contributed by atoms with van der Waals surface area (Å²) in [5.74, 6) is 0.983. The molecule has 25 heavy (non-hydrogen) atoms. The smallest absolute Gasteiger partial charge is 0.264 e. The van der Waals surface area contributed by atoms with Gasteiger partial charge in [-0.25, -0.2) is 0 Å². The first-order chi connectivity index (χ1) is 12.1. The van der Waals surface area contributed by atoms with E-state index in [0.29, 0.717) is 19.6 Å². The predicted molar refractivity (Wildman–Crippen MR) is 101 cm³/mol. The Bertz CT molecular complexity index is 620. The molecule has 0 radical (unpaired) electrons. The van der Waals surface area contributed by atoms with E-state index in [2.05, 4.69) is 23.2 Å². The van der Waals surface area contributed by atoms with Gasteiger partial charge in [0, 0.05) is 37.6 Å². The van der Waals surface area contributed by atoms with Gasteiger partial charge in [0.25, 0.3) is 5.91 Å². The number of nitrogens with one attached hydrogen (secondary N) is 1. The molecule has 1 saturated heterocycles. The van der Waals surface area contributed by atoms with E-state index in [1.807, 2.05) is 11.8 Å². The number of piperazine rings is 1. The summed E-state index contributed by atoms with van der Waals surface area (Å²) in [5.41, 5.74) is 1.39. The average molecular weight is 364 g/mol. The lowest BCUT2D eigenvalue weighted by molar-refractivity contribution is -0.122. The molecule has 6 heteroatoms. The lowest BCUT2D eigenvalue weighted by atomic mass is 9.90. The molecule has 3 rings (SSSR count). The minimum atomic E-state index is 0.0849. The molecule has 0 bridgehead atoms. The van der Waals surface area contributed by atoms with Crippen LogP contribution in [0.15, 0.2) is 6.07 Å². The van der Waals surface area contributed by atoms with Gasteiger partial charge >= 0.3 is 0 Å². The van der Waals surface area contributed by atoms with Crippen molar-refractivity contribution in [2.45, 2.75) is 39.5 Å². The van der Waals surface area contributed by atoms with E-state index in [-0.39, 0.29) is 11.8 Å². The van der Waals surface area contributed by atoms with Crippen molar-refractivity contribution >= 4 is 23.2 Å². The molecule has 0 saturated carbocycles. The van der Waals surface area contributed by atoms with Crippen LogP contribution in [0, 0.1) is 5.92 Å². The second kappa shape index (κ2) is 8.32. The van der Waals surface area contributed by atoms with E-state index in [1.54, 1.807) is 11.3 Å². The zero-order valence-electron chi connectivity index (χ0n) is 15.3. The first-order valence-corrected chi connectivity index (χ1v) is 10.3. The standard InChI is InChI=1S/C19H29N3O2S/c1-3-6-20-18(23)13-21-7-9-22(10-8-21)19(24)17-12-15-11-14(2)4-5-16(15)25-17/h12,14H,3-11,13H2,1-2H3,(H,20,23). The molecule has 5 nitrogen and oxygen atoms in total. The van der Waals surface area contributed by atoms with Gasteiger partial charge in [0.2, 0.25) is 5.91 Å². The SMILES string of the molecule is CCCNC(=O)CN1CCN(C(=O)c2cc3c(s2)CCC(C)C3)CC1. The molecule has 1 fully saturated rings. The van der Waals surface area contributed by atoms with E-state index in [1.165, 1.54) is 16.9 Å². The second-order valence-electron chi connectivity index (χ2n) is 7.33. The number of amides is 2. The van der Waals surface area contributed by atoms with E-state index < -0.39 is 0 Å². The van der Waals surface area contributed by atoms with E-state index in [0.717, 1.165) is 49.7 Å². The Balaban J connectivity index is 1.51. The monoisotopic (exact) mass is 363 g/mol. The van der Waals surface area contributed by atoms with Crippen molar-refractivity contribution in [3.05, 3.63) is 21.4 Å². The maximum atomic E-state index is 12.8. The van der Waals surface area contributed by atoms with Crippen LogP contribution < -0.4 is 5.32 Å². The highest BCUT2D eigenvalue weighted by Gasteiger charge is 2.26. The third-order valence-electron chi connectivity index (χ3n) is 5.14. The number of hydrogen-bond donors (Lipinski definition) is 1. The Hall–Kier alpha value is -1.40. The normalized spacial score (nSPS) is 21.0. The highest BCUT2D eigenvalue weighted by atomic mass is 32.1. The Labute approximate surface area is 154 Å². The number of fused-ring (bicyclic) bond motifs is 1. The van der Waals surface area contributed by atoms with E-state index in [9.17, 15) is 9.59 Å². The van der Waals surface area contributed by atoms with Crippen LogP contribution in [-0.4, -0.2) is 60.9 Å². The number of carbonyl (C=O) groups excluding carboxylic acids is 2. The molecule has 1 N–H and O–H groups in total. The van der Waals surface area contributed by atoms with Gasteiger partial charge in [-0.2, -0.15) is 0 Å². The molecule has 1 aliphatic heterocycles. The van der Waals surface area contributed by atoms with Crippen LogP contribution >= 0.6 is 11.3 Å². The number of aryl methyl sites for hydroxylation is 1. The molecule has 1 aliphatic carbocycles. The summed E-state index contributed by atoms with van der Waals surface area (Å²) in [5, 5.41) is 2.91. The molecule has 0 aromatic carbocycles. The van der Waals surface area contributed by atoms with Crippen LogP contribution in [0.2, 0.25) is 0 Å². The zero-order chi connectivity index (χ0) is 17.8. The molecule has 2 aliphatic rings. The Kier molecular flexibility index (Phi) is 6.12. The summed E-state index contributed by atoms with van der Waals surface area (Å²) in [4.78, 5) is 31.0. The third-order valence-corrected chi connectivity index (χ3v) is 6.36. The van der Waals surface area contributed by atoms with E-state index >= 15 is 0 Å². The van der Waals surface area contributed by atoms with Crippen LogP contribution in [-0.2, 0) is 17.6 Å². The summed E-state index contributed by atoms with van der Waals surface area (Å²) >= 11 is 1.69. The van der Waals surface area contributed by atoms with Crippen molar-refractivity contribution in [1.82, 2.24) is 15.1 Å². The third kappa shape index (κ3) is 4.61. The number of hydrogen-bond acceptors (Lipinski definition) is 4. The van der Waals surface area contributed by atoms with Gasteiger partial charge in [-0.15, -0.1) is 11.3 Å². The quantitative estimate of drug-likeness (QED) is 0.872. The lowest BCUT2D eigenvalue weighted by Crippen LogP contribution is -2.51. The number of carbonyl (C=O) groups is 2. The van der Waals surface area contributed by atoms with Gasteiger partial charge in [0.15, 0.2) is 0 Å². The van der Waals surface area contributed by atoms with Crippen molar-refractivity contribution in [3.63, 3.8) is 0 Å². The van der Waals surface area contributed by atoms with Gasteiger partial charge in [-0.05, 0) is 43.2 Å².